The van der Waals surface area contributed by atoms with E-state index in [0.717, 1.165) is 19.3 Å². The molecule has 3 unspecified atom stereocenters. The van der Waals surface area contributed by atoms with Gasteiger partial charge in [-0.25, -0.2) is 0 Å². The van der Waals surface area contributed by atoms with Gasteiger partial charge >= 0.3 is 0 Å². The van der Waals surface area contributed by atoms with Gasteiger partial charge in [-0.15, -0.1) is 0 Å². The molecule has 6 aliphatic rings. The van der Waals surface area contributed by atoms with Gasteiger partial charge < -0.3 is 15.1 Å². The smallest absolute Gasteiger partial charge is 0.0520 e. The van der Waals surface area contributed by atoms with Crippen molar-refractivity contribution in [1.29, 1.82) is 0 Å². The highest BCUT2D eigenvalue weighted by Gasteiger charge is 2.47. The summed E-state index contributed by atoms with van der Waals surface area (Å²) in [5, 5.41) is 3.97. The molecule has 1 N–H and O–H groups in total. The fraction of sp³-hybridized carbons (Fsp3) is 0.333. The van der Waals surface area contributed by atoms with Crippen LogP contribution in [0.2, 0.25) is 0 Å². The van der Waals surface area contributed by atoms with E-state index in [1.54, 1.807) is 0 Å². The Morgan fingerprint density at radius 3 is 2.31 bits per heavy atom. The van der Waals surface area contributed by atoms with Crippen molar-refractivity contribution < 1.29 is 0 Å². The molecule has 3 heterocycles. The zero-order chi connectivity index (χ0) is 33.0. The van der Waals surface area contributed by atoms with Crippen LogP contribution in [0, 0.1) is 11.8 Å². The molecule has 9 rings (SSSR count). The van der Waals surface area contributed by atoms with Crippen molar-refractivity contribution in [2.45, 2.75) is 83.1 Å². The van der Waals surface area contributed by atoms with Crippen molar-refractivity contribution in [3.05, 3.63) is 155 Å². The Hall–Kier alpha value is -4.50. The van der Waals surface area contributed by atoms with Crippen molar-refractivity contribution in [2.75, 3.05) is 15.1 Å². The van der Waals surface area contributed by atoms with E-state index in [9.17, 15) is 0 Å². The molecule has 0 amide bonds. The van der Waals surface area contributed by atoms with Gasteiger partial charge in [0, 0.05) is 67.9 Å². The molecular weight excluding hydrogens is 583 g/mol. The van der Waals surface area contributed by atoms with Gasteiger partial charge in [0.05, 0.1) is 6.04 Å². The SMILES string of the molecule is CC1(C)C2=C(CCC=C2)N(c2ccc3c(c2)C(C)(C)C2C=C(N4C5=CC=CCC5C(C)(C)c5ccccc54)C=CC2N3)c2ccccc21. The standard InChI is InChI=1S/C45H47N3/c1-43(2)31-15-7-11-19-39(31)47(40-20-12-8-16-32(40)43)29-23-25-37-35(27-29)45(5,6)36-28-30(24-26-38(36)46-37)48-41-21-13-9-17-33(41)44(3,4)34-18-10-14-22-42(34)48/h7-13,15,17-21,23-28,32,35,37,46H,14,16,22H2,1-6H3. The fourth-order valence-corrected chi connectivity index (χ4v) is 9.88. The summed E-state index contributed by atoms with van der Waals surface area (Å²) in [6.07, 6.45) is 22.3. The van der Waals surface area contributed by atoms with E-state index in [2.05, 4.69) is 172 Å². The Bertz CT molecular complexity index is 2040. The monoisotopic (exact) mass is 629 g/mol. The van der Waals surface area contributed by atoms with Crippen molar-refractivity contribution >= 4 is 22.7 Å². The van der Waals surface area contributed by atoms with Gasteiger partial charge in [-0.05, 0) is 84.0 Å². The summed E-state index contributed by atoms with van der Waals surface area (Å²) >= 11 is 0. The van der Waals surface area contributed by atoms with E-state index >= 15 is 0 Å². The van der Waals surface area contributed by atoms with Crippen LogP contribution in [0.25, 0.3) is 0 Å². The fourth-order valence-electron chi connectivity index (χ4n) is 9.88. The van der Waals surface area contributed by atoms with Crippen LogP contribution >= 0.6 is 0 Å². The minimum Gasteiger partial charge on any atom is -0.378 e. The van der Waals surface area contributed by atoms with Crippen LogP contribution in [0.4, 0.5) is 22.7 Å². The van der Waals surface area contributed by atoms with Crippen LogP contribution in [0.15, 0.2) is 138 Å². The summed E-state index contributed by atoms with van der Waals surface area (Å²) in [5.41, 5.74) is 14.9. The minimum atomic E-state index is -0.0929. The van der Waals surface area contributed by atoms with Crippen LogP contribution in [-0.2, 0) is 16.2 Å². The highest BCUT2D eigenvalue weighted by Crippen LogP contribution is 2.55. The molecule has 0 bridgehead atoms. The maximum absolute atomic E-state index is 3.97. The molecule has 3 atom stereocenters. The first-order chi connectivity index (χ1) is 23.1. The van der Waals surface area contributed by atoms with Crippen molar-refractivity contribution in [3.63, 3.8) is 0 Å². The van der Waals surface area contributed by atoms with Crippen LogP contribution in [0.5, 0.6) is 0 Å². The number of allylic oxidation sites excluding steroid dienone is 9. The van der Waals surface area contributed by atoms with Crippen molar-refractivity contribution in [1.82, 2.24) is 0 Å². The molecule has 0 radical (unpaired) electrons. The third-order valence-corrected chi connectivity index (χ3v) is 12.6. The average molecular weight is 630 g/mol. The van der Waals surface area contributed by atoms with Gasteiger partial charge in [-0.3, -0.25) is 0 Å². The van der Waals surface area contributed by atoms with E-state index in [1.165, 1.54) is 62.1 Å². The molecule has 3 aliphatic carbocycles. The number of rotatable bonds is 2. The average Bonchev–Trinajstić information content (AvgIpc) is 3.09. The van der Waals surface area contributed by atoms with Gasteiger partial charge in [0.15, 0.2) is 0 Å². The zero-order valence-electron chi connectivity index (χ0n) is 29.2. The number of hydrogen-bond acceptors (Lipinski definition) is 3. The number of anilines is 4. The quantitative estimate of drug-likeness (QED) is 0.304. The lowest BCUT2D eigenvalue weighted by molar-refractivity contribution is 0.339. The Morgan fingerprint density at radius 1 is 0.750 bits per heavy atom. The van der Waals surface area contributed by atoms with Gasteiger partial charge in [0.2, 0.25) is 0 Å². The minimum absolute atomic E-state index is 0.0257. The van der Waals surface area contributed by atoms with Crippen LogP contribution in [0.3, 0.4) is 0 Å². The summed E-state index contributed by atoms with van der Waals surface area (Å²) in [4.78, 5) is 5.14. The topological polar surface area (TPSA) is 18.5 Å². The van der Waals surface area contributed by atoms with Gasteiger partial charge in [0.25, 0.3) is 0 Å². The second-order valence-electron chi connectivity index (χ2n) is 16.3. The lowest BCUT2D eigenvalue weighted by Crippen LogP contribution is -2.47. The van der Waals surface area contributed by atoms with Gasteiger partial charge in [0.1, 0.15) is 0 Å². The normalized spacial score (nSPS) is 26.6. The molecule has 242 valence electrons. The molecular formula is C45H47N3. The first-order valence-electron chi connectivity index (χ1n) is 18.0. The molecule has 0 spiro atoms. The Kier molecular flexibility index (Phi) is 6.33. The Morgan fingerprint density at radius 2 is 1.50 bits per heavy atom. The summed E-state index contributed by atoms with van der Waals surface area (Å²) in [6.45, 7) is 14.5. The highest BCUT2D eigenvalue weighted by molar-refractivity contribution is 5.80. The summed E-state index contributed by atoms with van der Waals surface area (Å²) in [6, 6.07) is 25.5. The van der Waals surface area contributed by atoms with Crippen LogP contribution in [0.1, 0.15) is 77.5 Å². The molecule has 0 saturated carbocycles. The molecule has 0 saturated heterocycles. The number of fused-ring (bicyclic) bond motifs is 5. The predicted molar refractivity (Wildman–Crippen MR) is 202 cm³/mol. The molecule has 3 aliphatic heterocycles. The summed E-state index contributed by atoms with van der Waals surface area (Å²) in [5.74, 6) is 0.733. The number of nitrogens with zero attached hydrogens (tertiary/aromatic N) is 2. The number of nitrogens with one attached hydrogen (secondary N) is 1. The van der Waals surface area contributed by atoms with Gasteiger partial charge in [-0.2, -0.15) is 0 Å². The lowest BCUT2D eigenvalue weighted by Gasteiger charge is -2.51. The second kappa shape index (κ2) is 10.3. The lowest BCUT2D eigenvalue weighted by atomic mass is 9.64. The van der Waals surface area contributed by atoms with Gasteiger partial charge in [-0.1, -0.05) is 114 Å². The van der Waals surface area contributed by atoms with E-state index < -0.39 is 0 Å². The summed E-state index contributed by atoms with van der Waals surface area (Å²) in [7, 11) is 0. The molecule has 0 fully saturated rings. The Labute approximate surface area is 286 Å². The molecule has 3 heteroatoms. The zero-order valence-corrected chi connectivity index (χ0v) is 29.2. The Balaban J connectivity index is 1.15. The van der Waals surface area contributed by atoms with E-state index in [4.69, 9.17) is 0 Å². The third kappa shape index (κ3) is 4.06. The maximum atomic E-state index is 3.97. The molecule has 0 aromatic heterocycles. The second-order valence-corrected chi connectivity index (χ2v) is 16.3. The first kappa shape index (κ1) is 29.6. The van der Waals surface area contributed by atoms with Crippen molar-refractivity contribution in [2.24, 2.45) is 11.8 Å². The maximum Gasteiger partial charge on any atom is 0.0520 e. The first-order valence-corrected chi connectivity index (χ1v) is 18.0. The van der Waals surface area contributed by atoms with E-state index in [1.807, 2.05) is 0 Å². The van der Waals surface area contributed by atoms with Crippen molar-refractivity contribution in [3.8, 4) is 0 Å². The molecule has 3 aromatic rings. The summed E-state index contributed by atoms with van der Waals surface area (Å²) < 4.78 is 0. The molecule has 48 heavy (non-hydrogen) atoms. The predicted octanol–water partition coefficient (Wildman–Crippen LogP) is 11.1. The van der Waals surface area contributed by atoms with E-state index in [-0.39, 0.29) is 22.3 Å². The largest absolute Gasteiger partial charge is 0.378 e. The number of hydrogen-bond donors (Lipinski definition) is 1. The molecule has 3 aromatic carbocycles. The third-order valence-electron chi connectivity index (χ3n) is 12.6. The number of benzene rings is 3. The van der Waals surface area contributed by atoms with E-state index in [0.29, 0.717) is 11.8 Å². The van der Waals surface area contributed by atoms with Crippen LogP contribution < -0.4 is 15.1 Å². The molecule has 3 nitrogen and oxygen atoms in total. The van der Waals surface area contributed by atoms with Crippen LogP contribution in [-0.4, -0.2) is 6.04 Å². The highest BCUT2D eigenvalue weighted by atomic mass is 15.2. The number of para-hydroxylation sites is 2.